The van der Waals surface area contributed by atoms with Crippen LogP contribution >= 0.6 is 0 Å². The summed E-state index contributed by atoms with van der Waals surface area (Å²) in [5.41, 5.74) is 9.55. The number of allylic oxidation sites excluding steroid dienone is 4. The van der Waals surface area contributed by atoms with Crippen molar-refractivity contribution in [1.29, 1.82) is 0 Å². The van der Waals surface area contributed by atoms with Crippen molar-refractivity contribution in [1.82, 2.24) is 0 Å². The number of benzene rings is 2. The van der Waals surface area contributed by atoms with Crippen LogP contribution in [0.15, 0.2) is 84.5 Å². The fraction of sp³-hybridized carbons (Fsp3) is 0.490. The predicted octanol–water partition coefficient (Wildman–Crippen LogP) is 9.56. The van der Waals surface area contributed by atoms with Crippen LogP contribution in [0.5, 0.6) is 5.75 Å². The van der Waals surface area contributed by atoms with Crippen molar-refractivity contribution >= 4 is 23.5 Å². The molecule has 2 aromatic rings. The predicted molar refractivity (Wildman–Crippen MR) is 231 cm³/mol. The van der Waals surface area contributed by atoms with E-state index in [1.165, 1.54) is 22.3 Å². The highest BCUT2D eigenvalue weighted by atomic mass is 16.5. The maximum atomic E-state index is 12.2. The summed E-state index contributed by atoms with van der Waals surface area (Å²) in [6.45, 7) is 20.9. The third kappa shape index (κ3) is 14.6. The van der Waals surface area contributed by atoms with E-state index in [1.54, 1.807) is 20.8 Å². The van der Waals surface area contributed by atoms with Gasteiger partial charge in [0.25, 0.3) is 0 Å². The van der Waals surface area contributed by atoms with Crippen LogP contribution in [0.1, 0.15) is 115 Å². The summed E-state index contributed by atoms with van der Waals surface area (Å²) in [5, 5.41) is 20.5. The molecule has 0 fully saturated rings. The van der Waals surface area contributed by atoms with Gasteiger partial charge in [-0.05, 0) is 142 Å². The Bertz CT molecular complexity index is 1770. The maximum absolute atomic E-state index is 12.2. The number of aryl methyl sites for hydroxylation is 3. The Morgan fingerprint density at radius 1 is 0.655 bits per heavy atom. The molecule has 0 aromatic heterocycles. The van der Waals surface area contributed by atoms with Gasteiger partial charge in [-0.25, -0.2) is 14.4 Å². The highest BCUT2D eigenvalue weighted by Crippen LogP contribution is 2.38. The van der Waals surface area contributed by atoms with Crippen LogP contribution in [-0.4, -0.2) is 67.8 Å². The minimum Gasteiger partial charge on any atom is -0.493 e. The van der Waals surface area contributed by atoms with Gasteiger partial charge in [-0.15, -0.1) is 0 Å². The van der Waals surface area contributed by atoms with Gasteiger partial charge in [0.05, 0.1) is 39.6 Å². The van der Waals surface area contributed by atoms with Crippen LogP contribution in [0.25, 0.3) is 16.7 Å². The topological polar surface area (TPSA) is 129 Å². The number of carbonyl (C=O) groups is 3. The summed E-state index contributed by atoms with van der Waals surface area (Å²) in [6, 6.07) is 11.0. The molecule has 1 aliphatic rings. The minimum atomic E-state index is -0.646. The van der Waals surface area contributed by atoms with Crippen molar-refractivity contribution in [2.75, 3.05) is 39.6 Å². The van der Waals surface area contributed by atoms with Crippen molar-refractivity contribution in [3.05, 3.63) is 107 Å². The van der Waals surface area contributed by atoms with Crippen LogP contribution in [0, 0.1) is 5.41 Å². The van der Waals surface area contributed by atoms with Gasteiger partial charge in [-0.3, -0.25) is 0 Å². The van der Waals surface area contributed by atoms with Crippen LogP contribution < -0.4 is 4.74 Å². The van der Waals surface area contributed by atoms with Gasteiger partial charge in [-0.1, -0.05) is 75.9 Å². The fourth-order valence-corrected chi connectivity index (χ4v) is 7.04. The molecular weight excluding hydrogens is 733 g/mol. The van der Waals surface area contributed by atoms with E-state index < -0.39 is 17.4 Å². The zero-order valence-electron chi connectivity index (χ0n) is 35.6. The zero-order chi connectivity index (χ0) is 42.7. The molecule has 9 heteroatoms. The number of hydrogen-bond donors (Lipinski definition) is 2. The first-order valence-electron chi connectivity index (χ1n) is 20.8. The van der Waals surface area contributed by atoms with E-state index >= 15 is 0 Å². The molecule has 2 N–H and O–H groups in total. The Labute approximate surface area is 346 Å². The van der Waals surface area contributed by atoms with Crippen molar-refractivity contribution in [3.8, 4) is 16.9 Å². The molecule has 3 rings (SSSR count). The Morgan fingerprint density at radius 3 is 1.62 bits per heavy atom. The molecular formula is C49H66O9. The zero-order valence-corrected chi connectivity index (χ0v) is 35.6. The Balaban J connectivity index is 1.98. The summed E-state index contributed by atoms with van der Waals surface area (Å²) in [4.78, 5) is 36.0. The van der Waals surface area contributed by atoms with Crippen molar-refractivity contribution < 1.29 is 43.5 Å². The first-order chi connectivity index (χ1) is 27.8. The normalized spacial score (nSPS) is 12.6. The molecule has 9 nitrogen and oxygen atoms in total. The summed E-state index contributed by atoms with van der Waals surface area (Å²) in [5.74, 6) is -0.475. The monoisotopic (exact) mass is 798 g/mol. The molecule has 0 spiro atoms. The largest absolute Gasteiger partial charge is 0.493 e. The van der Waals surface area contributed by atoms with Crippen molar-refractivity contribution in [3.63, 3.8) is 0 Å². The molecule has 1 aliphatic carbocycles. The molecule has 0 unspecified atom stereocenters. The van der Waals surface area contributed by atoms with E-state index in [1.807, 2.05) is 6.92 Å². The molecule has 0 bridgehead atoms. The van der Waals surface area contributed by atoms with E-state index in [4.69, 9.17) is 18.9 Å². The molecule has 0 amide bonds. The third-order valence-corrected chi connectivity index (χ3v) is 10.5. The third-order valence-electron chi connectivity index (χ3n) is 10.5. The van der Waals surface area contributed by atoms with Crippen molar-refractivity contribution in [2.45, 2.75) is 112 Å². The lowest BCUT2D eigenvalue weighted by Gasteiger charge is -2.30. The van der Waals surface area contributed by atoms with Gasteiger partial charge in [-0.2, -0.15) is 0 Å². The quantitative estimate of drug-likeness (QED) is 0.0414. The van der Waals surface area contributed by atoms with Crippen LogP contribution in [0.4, 0.5) is 0 Å². The van der Waals surface area contributed by atoms with E-state index in [2.05, 4.69) is 69.1 Å². The van der Waals surface area contributed by atoms with E-state index in [-0.39, 0.29) is 32.4 Å². The molecule has 0 saturated heterocycles. The lowest BCUT2D eigenvalue weighted by molar-refractivity contribution is -0.139. The number of esters is 3. The average molecular weight is 799 g/mol. The van der Waals surface area contributed by atoms with Gasteiger partial charge in [0.15, 0.2) is 0 Å². The first-order valence-corrected chi connectivity index (χ1v) is 20.8. The molecule has 58 heavy (non-hydrogen) atoms. The standard InChI is InChI=1S/C49H66O9/c1-9-23-49(32-50,33-51)24-28-55-45-41(15-12-26-57-47(53)35(5)6)30-43(31-42(45)16-13-27-58-48(54)36(7)8)44-22-21-40(29-38(44)10-2)39-19-17-37(18-20-39)14-11-25-56-46(52)34(3)4/h17,19,21-22,29-31,50-51H,3,5,7,9-16,18,20,23-28,32-33H2,1-2,4,6,8H3. The first kappa shape index (κ1) is 47.6. The molecule has 0 saturated carbocycles. The van der Waals surface area contributed by atoms with Gasteiger partial charge in [0.1, 0.15) is 5.75 Å². The summed E-state index contributed by atoms with van der Waals surface area (Å²) in [7, 11) is 0. The van der Waals surface area contributed by atoms with Crippen LogP contribution in [0.3, 0.4) is 0 Å². The van der Waals surface area contributed by atoms with Crippen molar-refractivity contribution in [2.24, 2.45) is 5.41 Å². The Hall–Kier alpha value is -4.73. The lowest BCUT2D eigenvalue weighted by atomic mass is 9.82. The molecule has 0 radical (unpaired) electrons. The Kier molecular flexibility index (Phi) is 19.9. The van der Waals surface area contributed by atoms with E-state index in [9.17, 15) is 24.6 Å². The second-order valence-corrected chi connectivity index (χ2v) is 15.6. The molecule has 0 atom stereocenters. The van der Waals surface area contributed by atoms with Crippen LogP contribution in [0.2, 0.25) is 0 Å². The fourth-order valence-electron chi connectivity index (χ4n) is 7.04. The molecule has 2 aromatic carbocycles. The van der Waals surface area contributed by atoms with Gasteiger partial charge in [0.2, 0.25) is 0 Å². The van der Waals surface area contributed by atoms with E-state index in [0.29, 0.717) is 68.5 Å². The average Bonchev–Trinajstić information content (AvgIpc) is 3.22. The number of aliphatic hydroxyl groups is 2. The number of hydrogen-bond acceptors (Lipinski definition) is 9. The highest BCUT2D eigenvalue weighted by Gasteiger charge is 2.28. The second kappa shape index (κ2) is 24.3. The van der Waals surface area contributed by atoms with Gasteiger partial charge >= 0.3 is 17.9 Å². The van der Waals surface area contributed by atoms with Gasteiger partial charge in [0, 0.05) is 22.1 Å². The Morgan fingerprint density at radius 2 is 1.17 bits per heavy atom. The lowest BCUT2D eigenvalue weighted by Crippen LogP contribution is -2.31. The maximum Gasteiger partial charge on any atom is 0.333 e. The summed E-state index contributed by atoms with van der Waals surface area (Å²) >= 11 is 0. The smallest absolute Gasteiger partial charge is 0.333 e. The minimum absolute atomic E-state index is 0.138. The molecule has 0 aliphatic heterocycles. The summed E-state index contributed by atoms with van der Waals surface area (Å²) < 4.78 is 22.8. The van der Waals surface area contributed by atoms with Gasteiger partial charge < -0.3 is 29.2 Å². The molecule has 316 valence electrons. The van der Waals surface area contributed by atoms with Crippen LogP contribution in [-0.2, 0) is 47.9 Å². The SMILES string of the molecule is C=C(C)C(=O)OCCCC1=CC=C(c2ccc(-c3cc(CCCOC(=O)C(=C)C)c(OCCC(CO)(CO)CCC)c(CCCOC(=O)C(=C)C)c3)c(CC)c2)CC1. The number of rotatable bonds is 26. The second-order valence-electron chi connectivity index (χ2n) is 15.6. The number of aliphatic hydroxyl groups excluding tert-OH is 2. The molecule has 0 heterocycles. The summed E-state index contributed by atoms with van der Waals surface area (Å²) in [6.07, 6.45) is 13.0. The van der Waals surface area contributed by atoms with E-state index in [0.717, 1.165) is 66.5 Å². The number of carbonyl (C=O) groups excluding carboxylic acids is 3. The highest BCUT2D eigenvalue weighted by molar-refractivity contribution is 5.87. The number of ether oxygens (including phenoxy) is 4.